The highest BCUT2D eigenvalue weighted by Crippen LogP contribution is 2.26. The summed E-state index contributed by atoms with van der Waals surface area (Å²) < 4.78 is 47.6. The lowest BCUT2D eigenvalue weighted by molar-refractivity contribution is -0.141. The van der Waals surface area contributed by atoms with Crippen molar-refractivity contribution in [1.29, 1.82) is 0 Å². The zero-order valence-corrected chi connectivity index (χ0v) is 16.7. The number of amides is 1. The maximum atomic E-state index is 13.1. The molecule has 1 amide bonds. The molecule has 5 nitrogen and oxygen atoms in total. The number of rotatable bonds is 8. The first kappa shape index (κ1) is 22.1. The SMILES string of the molecule is O=C(COC(=O)C(=Cc1ccc(F)cc1)c1cccs1)Nc1ccccc1OC(F)F. The van der Waals surface area contributed by atoms with E-state index in [0.29, 0.717) is 10.4 Å². The van der Waals surface area contributed by atoms with Gasteiger partial charge in [0.15, 0.2) is 6.61 Å². The molecule has 0 aliphatic rings. The first-order chi connectivity index (χ1) is 14.9. The van der Waals surface area contributed by atoms with E-state index in [4.69, 9.17) is 4.74 Å². The molecule has 0 spiro atoms. The molecule has 0 saturated heterocycles. The third-order valence-corrected chi connectivity index (χ3v) is 4.80. The topological polar surface area (TPSA) is 64.6 Å². The van der Waals surface area contributed by atoms with Crippen LogP contribution in [0.25, 0.3) is 11.6 Å². The molecule has 2 aromatic carbocycles. The second kappa shape index (κ2) is 10.4. The number of benzene rings is 2. The van der Waals surface area contributed by atoms with Crippen LogP contribution in [-0.2, 0) is 14.3 Å². The van der Waals surface area contributed by atoms with Crippen molar-refractivity contribution in [3.8, 4) is 5.75 Å². The number of para-hydroxylation sites is 2. The van der Waals surface area contributed by atoms with E-state index in [1.165, 1.54) is 65.9 Å². The molecule has 3 rings (SSSR count). The number of anilines is 1. The van der Waals surface area contributed by atoms with Gasteiger partial charge >= 0.3 is 12.6 Å². The van der Waals surface area contributed by atoms with Crippen LogP contribution in [-0.4, -0.2) is 25.1 Å². The van der Waals surface area contributed by atoms with E-state index in [2.05, 4.69) is 10.1 Å². The number of esters is 1. The molecule has 0 atom stereocenters. The number of halogens is 3. The summed E-state index contributed by atoms with van der Waals surface area (Å²) in [4.78, 5) is 25.4. The zero-order chi connectivity index (χ0) is 22.2. The van der Waals surface area contributed by atoms with Crippen LogP contribution in [0, 0.1) is 5.82 Å². The Balaban J connectivity index is 1.69. The smallest absolute Gasteiger partial charge is 0.387 e. The largest absolute Gasteiger partial charge is 0.452 e. The number of alkyl halides is 2. The number of thiophene rings is 1. The molecular formula is C22H16F3NO4S. The number of hydrogen-bond donors (Lipinski definition) is 1. The minimum absolute atomic E-state index is 0.0178. The molecule has 3 aromatic rings. The zero-order valence-electron chi connectivity index (χ0n) is 15.9. The van der Waals surface area contributed by atoms with Crippen molar-refractivity contribution in [2.75, 3.05) is 11.9 Å². The lowest BCUT2D eigenvalue weighted by Crippen LogP contribution is -2.21. The van der Waals surface area contributed by atoms with Crippen LogP contribution < -0.4 is 10.1 Å². The first-order valence-electron chi connectivity index (χ1n) is 8.94. The van der Waals surface area contributed by atoms with E-state index < -0.39 is 30.9 Å². The normalized spacial score (nSPS) is 11.3. The Morgan fingerprint density at radius 2 is 1.77 bits per heavy atom. The van der Waals surface area contributed by atoms with Gasteiger partial charge in [0, 0.05) is 4.88 Å². The van der Waals surface area contributed by atoms with Crippen molar-refractivity contribution in [3.63, 3.8) is 0 Å². The number of hydrogen-bond acceptors (Lipinski definition) is 5. The van der Waals surface area contributed by atoms with E-state index in [-0.39, 0.29) is 17.0 Å². The molecule has 0 saturated carbocycles. The second-order valence-electron chi connectivity index (χ2n) is 6.09. The fourth-order valence-corrected chi connectivity index (χ4v) is 3.28. The molecule has 0 aliphatic carbocycles. The Morgan fingerprint density at radius 1 is 1.03 bits per heavy atom. The quantitative estimate of drug-likeness (QED) is 0.380. The predicted octanol–water partition coefficient (Wildman–Crippen LogP) is 5.21. The summed E-state index contributed by atoms with van der Waals surface area (Å²) in [7, 11) is 0. The predicted molar refractivity (Wildman–Crippen MR) is 111 cm³/mol. The average molecular weight is 447 g/mol. The average Bonchev–Trinajstić information content (AvgIpc) is 3.27. The van der Waals surface area contributed by atoms with Gasteiger partial charge in [0.05, 0.1) is 11.3 Å². The molecule has 0 unspecified atom stereocenters. The van der Waals surface area contributed by atoms with E-state index in [1.54, 1.807) is 17.5 Å². The van der Waals surface area contributed by atoms with Crippen molar-refractivity contribution >= 4 is 40.5 Å². The van der Waals surface area contributed by atoms with Crippen LogP contribution in [0.1, 0.15) is 10.4 Å². The molecule has 0 bridgehead atoms. The highest BCUT2D eigenvalue weighted by Gasteiger charge is 2.18. The van der Waals surface area contributed by atoms with E-state index in [9.17, 15) is 22.8 Å². The van der Waals surface area contributed by atoms with Gasteiger partial charge in [-0.2, -0.15) is 8.78 Å². The van der Waals surface area contributed by atoms with Crippen molar-refractivity contribution in [3.05, 3.63) is 82.3 Å². The van der Waals surface area contributed by atoms with Crippen molar-refractivity contribution < 1.29 is 32.2 Å². The van der Waals surface area contributed by atoms with Crippen molar-refractivity contribution in [2.24, 2.45) is 0 Å². The molecule has 0 fully saturated rings. The third kappa shape index (κ3) is 6.45. The molecule has 0 aliphatic heterocycles. The molecular weight excluding hydrogens is 431 g/mol. The molecule has 9 heteroatoms. The molecule has 1 aromatic heterocycles. The van der Waals surface area contributed by atoms with E-state index in [0.717, 1.165) is 0 Å². The van der Waals surface area contributed by atoms with Crippen molar-refractivity contribution in [1.82, 2.24) is 0 Å². The Bertz CT molecular complexity index is 1070. The molecule has 1 N–H and O–H groups in total. The summed E-state index contributed by atoms with van der Waals surface area (Å²) in [5.41, 5.74) is 0.782. The standard InChI is InChI=1S/C22H16F3NO4S/c23-15-9-7-14(8-10-15)12-16(19-6-3-11-31-19)21(28)29-13-20(27)26-17-4-1-2-5-18(17)30-22(24)25/h1-12,22H,13H2,(H,26,27). The first-order valence-corrected chi connectivity index (χ1v) is 9.82. The Kier molecular flexibility index (Phi) is 7.45. The van der Waals surface area contributed by atoms with Gasteiger partial charge in [-0.1, -0.05) is 30.3 Å². The lowest BCUT2D eigenvalue weighted by atomic mass is 10.1. The van der Waals surface area contributed by atoms with Crippen molar-refractivity contribution in [2.45, 2.75) is 6.61 Å². The summed E-state index contributed by atoms with van der Waals surface area (Å²) in [5, 5.41) is 4.14. The lowest BCUT2D eigenvalue weighted by Gasteiger charge is -2.12. The van der Waals surface area contributed by atoms with Crippen LogP contribution in [0.5, 0.6) is 5.75 Å². The van der Waals surface area contributed by atoms with E-state index >= 15 is 0 Å². The second-order valence-corrected chi connectivity index (χ2v) is 7.03. The van der Waals surface area contributed by atoms with E-state index in [1.807, 2.05) is 0 Å². The van der Waals surface area contributed by atoms with Gasteiger partial charge in [-0.05, 0) is 47.4 Å². The van der Waals surface area contributed by atoms with Gasteiger partial charge in [-0.3, -0.25) is 4.79 Å². The Hall–Kier alpha value is -3.59. The summed E-state index contributed by atoms with van der Waals surface area (Å²) in [6, 6.07) is 14.6. The number of ether oxygens (including phenoxy) is 2. The van der Waals surface area contributed by atoms with Gasteiger partial charge in [0.1, 0.15) is 11.6 Å². The molecule has 0 radical (unpaired) electrons. The van der Waals surface area contributed by atoms with Gasteiger partial charge < -0.3 is 14.8 Å². The fourth-order valence-electron chi connectivity index (χ4n) is 2.55. The number of nitrogens with one attached hydrogen (secondary N) is 1. The van der Waals surface area contributed by atoms with Gasteiger partial charge in [0.2, 0.25) is 0 Å². The highest BCUT2D eigenvalue weighted by atomic mass is 32.1. The Morgan fingerprint density at radius 3 is 2.45 bits per heavy atom. The van der Waals surface area contributed by atoms with Crippen LogP contribution in [0.15, 0.2) is 66.0 Å². The summed E-state index contributed by atoms with van der Waals surface area (Å²) in [6.45, 7) is -3.70. The molecule has 31 heavy (non-hydrogen) atoms. The van der Waals surface area contributed by atoms with Gasteiger partial charge in [-0.15, -0.1) is 11.3 Å². The van der Waals surface area contributed by atoms with Crippen LogP contribution in [0.2, 0.25) is 0 Å². The number of carbonyl (C=O) groups excluding carboxylic acids is 2. The Labute approximate surface area is 179 Å². The van der Waals surface area contributed by atoms with Crippen LogP contribution in [0.4, 0.5) is 18.9 Å². The van der Waals surface area contributed by atoms with Gasteiger partial charge in [-0.25, -0.2) is 9.18 Å². The maximum Gasteiger partial charge on any atom is 0.387 e. The summed E-state index contributed by atoms with van der Waals surface area (Å²) >= 11 is 1.29. The fraction of sp³-hybridized carbons (Fsp3) is 0.0909. The van der Waals surface area contributed by atoms with Crippen LogP contribution >= 0.6 is 11.3 Å². The minimum Gasteiger partial charge on any atom is -0.452 e. The maximum absolute atomic E-state index is 13.1. The number of carbonyl (C=O) groups is 2. The van der Waals surface area contributed by atoms with Crippen LogP contribution in [0.3, 0.4) is 0 Å². The summed E-state index contributed by atoms with van der Waals surface area (Å²) in [6.07, 6.45) is 1.53. The minimum atomic E-state index is -3.05. The van der Waals surface area contributed by atoms with Gasteiger partial charge in [0.25, 0.3) is 5.91 Å². The molecule has 160 valence electrons. The summed E-state index contributed by atoms with van der Waals surface area (Å²) in [5.74, 6) is -2.12. The highest BCUT2D eigenvalue weighted by molar-refractivity contribution is 7.11. The molecule has 1 heterocycles. The third-order valence-electron chi connectivity index (χ3n) is 3.90. The monoisotopic (exact) mass is 447 g/mol.